The van der Waals surface area contributed by atoms with E-state index in [1.54, 1.807) is 57.8 Å². The van der Waals surface area contributed by atoms with Crippen molar-refractivity contribution >= 4 is 70.2 Å². The number of benzene rings is 3. The van der Waals surface area contributed by atoms with Crippen LogP contribution in [0.4, 0.5) is 0 Å². The normalized spacial score (nSPS) is 22.2. The van der Waals surface area contributed by atoms with E-state index >= 15 is 0 Å². The molecule has 712 valence electrons. The van der Waals surface area contributed by atoms with Crippen LogP contribution < -0.4 is 0 Å². The topological polar surface area (TPSA) is 291 Å². The predicted octanol–water partition coefficient (Wildman–Crippen LogP) is 20.2. The Hall–Kier alpha value is -3.37. The molecule has 0 amide bonds. The van der Waals surface area contributed by atoms with Gasteiger partial charge in [0, 0.05) is 88.1 Å². The molecular weight excluding hydrogens is 1690 g/mol. The van der Waals surface area contributed by atoms with Crippen LogP contribution in [-0.4, -0.2) is 206 Å². The maximum absolute atomic E-state index is 12.8. The number of unbranched alkanes of at least 4 members (excludes halogenated alkanes) is 9. The van der Waals surface area contributed by atoms with Crippen LogP contribution in [0.15, 0.2) is 96.2 Å². The molecule has 10 rings (SSSR count). The minimum absolute atomic E-state index is 0.0271. The molecule has 123 heavy (non-hydrogen) atoms. The van der Waals surface area contributed by atoms with Crippen molar-refractivity contribution in [3.05, 3.63) is 113 Å². The number of sulfonamides is 7. The van der Waals surface area contributed by atoms with Gasteiger partial charge < -0.3 is 0 Å². The van der Waals surface area contributed by atoms with Gasteiger partial charge in [0.25, 0.3) is 0 Å². The highest BCUT2D eigenvalue weighted by atomic mass is 32.2. The molecule has 0 radical (unpaired) electrons. The summed E-state index contributed by atoms with van der Waals surface area (Å²) in [6, 6.07) is 29.3. The number of hydrogen-bond acceptors (Lipinski definition) is 16. The lowest BCUT2D eigenvalue weighted by atomic mass is 9.81. The fraction of sp³-hybridized carbons (Fsp3) is 0.806. The molecule has 30 heteroatoms. The first-order chi connectivity index (χ1) is 58.1. The van der Waals surface area contributed by atoms with Crippen molar-refractivity contribution in [3.8, 4) is 0 Å². The molecule has 0 aromatic heterocycles. The first-order valence-corrected chi connectivity index (χ1v) is 58.9. The zero-order valence-corrected chi connectivity index (χ0v) is 84.4. The minimum atomic E-state index is -3.35. The standard InChI is InChI=1S/C18H28N2O3S.C16H25NO2S.C15H23NO2S.C14H29NO2S.C12H25NO2S.C10H21NO2S.C8H17NO2S/c1-2-3-5-11-17(19-21)14-18-12-8-13-20(18)24(22,23)15-16-9-6-4-7-10-16;1-4-16(2,3)15-11-8-12-17(15)20(18,19)13-14-9-6-5-7-10-14;1-2-3-10-15-11-7-12-16(15)19(17,18)13-14-8-5-4-6-9-14;1-5-6-7-8-10-13-11-9-12-15(13)18(16,17)14(2,3)4;1-3-5-6-8-12-9-7-10-13(12)16(14,15)11-4-2;1-3-5-7-10-8-6-9-11(10)14(12,13)4-2;1-3-5-8-6-4-7-9(8)12(2,10)11/h4,6-7,9-10,17-18H,2-3,5,8,11-15H2,1H3;5-7,9-10,15H,4,8,11-13H2,1-3H3;4-6,8-9,15H,2-3,7,10-13H2,1H3;13H,5-12H2,1-4H3;12H,3-11H2,1-2H3;10H,3-9H2,1-2H3;8H,3-7H2,1-2H3. The lowest BCUT2D eigenvalue weighted by Crippen LogP contribution is -2.45. The third kappa shape index (κ3) is 38.2. The van der Waals surface area contributed by atoms with Gasteiger partial charge in [0.1, 0.15) is 0 Å². The fourth-order valence-electron chi connectivity index (χ4n) is 18.1. The second-order valence-electron chi connectivity index (χ2n) is 36.8. The Morgan fingerprint density at radius 1 is 0.341 bits per heavy atom. The van der Waals surface area contributed by atoms with Crippen LogP contribution in [-0.2, 0) is 87.4 Å². The van der Waals surface area contributed by atoms with Crippen molar-refractivity contribution in [1.29, 1.82) is 0 Å². The molecule has 3 aromatic carbocycles. The lowest BCUT2D eigenvalue weighted by Gasteiger charge is -2.36. The van der Waals surface area contributed by atoms with Crippen LogP contribution in [0.3, 0.4) is 0 Å². The average molecular weight is 1860 g/mol. The van der Waals surface area contributed by atoms with Crippen molar-refractivity contribution in [3.63, 3.8) is 0 Å². The molecule has 0 aliphatic carbocycles. The molecule has 23 nitrogen and oxygen atoms in total. The molecule has 7 heterocycles. The maximum atomic E-state index is 12.8. The number of hydrogen-bond donors (Lipinski definition) is 0. The molecule has 8 atom stereocenters. The highest BCUT2D eigenvalue weighted by molar-refractivity contribution is 7.91. The Morgan fingerprint density at radius 3 is 1.05 bits per heavy atom. The van der Waals surface area contributed by atoms with Crippen molar-refractivity contribution in [1.82, 2.24) is 30.1 Å². The van der Waals surface area contributed by atoms with E-state index in [1.165, 1.54) is 44.8 Å². The Morgan fingerprint density at radius 2 is 0.667 bits per heavy atom. The SMILES string of the molecule is CCC(C)(C)C1CCCN1S(=O)(=O)Cc1ccccc1.CCCC1CCCN1S(C)(=O)=O.CCCCC1CCCN1S(=O)(=O)CC.CCCCC1CCCN1S(=O)(=O)Cc1ccccc1.CCCCCC(CC1CCCN1S(=O)(=O)Cc1ccccc1)N=O.CCCCCC1CCCN1S(=O)(=O)CCC.CCCCCCC1CCCN1S(=O)(=O)C(C)(C)C. The third-order valence-electron chi connectivity index (χ3n) is 25.4. The van der Waals surface area contributed by atoms with E-state index in [-0.39, 0.29) is 64.7 Å². The Balaban J connectivity index is 0.000000304. The second kappa shape index (κ2) is 56.4. The molecule has 0 spiro atoms. The number of rotatable bonds is 42. The average Bonchev–Trinajstić information content (AvgIpc) is 1.75. The van der Waals surface area contributed by atoms with Gasteiger partial charge in [-0.2, -0.15) is 35.0 Å². The summed E-state index contributed by atoms with van der Waals surface area (Å²) in [6.45, 7) is 33.3. The first-order valence-electron chi connectivity index (χ1n) is 47.6. The molecular formula is C93H168N8O15S7. The molecule has 0 bridgehead atoms. The summed E-state index contributed by atoms with van der Waals surface area (Å²) in [6.07, 6.45) is 40.7. The summed E-state index contributed by atoms with van der Waals surface area (Å²) in [5, 5.41) is 3.25. The van der Waals surface area contributed by atoms with Crippen LogP contribution in [0, 0.1) is 10.3 Å². The van der Waals surface area contributed by atoms with Gasteiger partial charge in [0.05, 0.1) is 45.8 Å². The molecule has 7 aliphatic rings. The molecule has 7 aliphatic heterocycles. The number of nitroso groups, excluding NO2 is 1. The largest absolute Gasteiger partial charge is 0.219 e. The number of nitrogens with zero attached hydrogens (tertiary/aromatic N) is 8. The molecule has 0 saturated carbocycles. The van der Waals surface area contributed by atoms with E-state index in [0.29, 0.717) is 43.9 Å². The minimum Gasteiger partial charge on any atom is -0.212 e. The van der Waals surface area contributed by atoms with Gasteiger partial charge in [-0.3, -0.25) is 0 Å². The smallest absolute Gasteiger partial charge is 0.212 e. The third-order valence-corrected chi connectivity index (χ3v) is 39.1. The van der Waals surface area contributed by atoms with E-state index in [0.717, 1.165) is 242 Å². The molecule has 8 unspecified atom stereocenters. The van der Waals surface area contributed by atoms with Gasteiger partial charge in [0.2, 0.25) is 70.2 Å². The summed E-state index contributed by atoms with van der Waals surface area (Å²) in [5.74, 6) is 0.840. The molecule has 0 N–H and O–H groups in total. The van der Waals surface area contributed by atoms with E-state index < -0.39 is 74.9 Å². The van der Waals surface area contributed by atoms with Crippen LogP contribution in [0.25, 0.3) is 0 Å². The van der Waals surface area contributed by atoms with E-state index in [9.17, 15) is 63.8 Å². The maximum Gasteiger partial charge on any atom is 0.219 e. The Kier molecular flexibility index (Phi) is 51.3. The molecule has 7 saturated heterocycles. The van der Waals surface area contributed by atoms with E-state index in [2.05, 4.69) is 67.5 Å². The van der Waals surface area contributed by atoms with Crippen LogP contribution in [0.5, 0.6) is 0 Å². The molecule has 7 fully saturated rings. The van der Waals surface area contributed by atoms with Crippen LogP contribution in [0.1, 0.15) is 358 Å². The summed E-state index contributed by atoms with van der Waals surface area (Å²) >= 11 is 0. The van der Waals surface area contributed by atoms with Crippen molar-refractivity contribution in [2.45, 2.75) is 411 Å². The zero-order valence-electron chi connectivity index (χ0n) is 78.7. The summed E-state index contributed by atoms with van der Waals surface area (Å²) in [7, 11) is -21.7. The fourth-order valence-corrected chi connectivity index (χ4v) is 29.9. The second-order valence-corrected chi connectivity index (χ2v) is 51.4. The van der Waals surface area contributed by atoms with Crippen molar-refractivity contribution in [2.75, 3.05) is 63.6 Å². The lowest BCUT2D eigenvalue weighted by molar-refractivity contribution is 0.187. The van der Waals surface area contributed by atoms with Gasteiger partial charge in [-0.15, -0.1) is 0 Å². The van der Waals surface area contributed by atoms with Gasteiger partial charge in [-0.1, -0.05) is 262 Å². The molecule has 3 aromatic rings. The van der Waals surface area contributed by atoms with Gasteiger partial charge >= 0.3 is 0 Å². The van der Waals surface area contributed by atoms with Gasteiger partial charge in [0.15, 0.2) is 0 Å². The first kappa shape index (κ1) is 112. The summed E-state index contributed by atoms with van der Waals surface area (Å²) < 4.78 is 182. The van der Waals surface area contributed by atoms with Crippen molar-refractivity contribution in [2.24, 2.45) is 10.6 Å². The monoisotopic (exact) mass is 1860 g/mol. The highest BCUT2D eigenvalue weighted by Crippen LogP contribution is 2.39. The Labute approximate surface area is 751 Å². The zero-order chi connectivity index (χ0) is 91.6. The highest BCUT2D eigenvalue weighted by Gasteiger charge is 2.44. The van der Waals surface area contributed by atoms with Crippen LogP contribution >= 0.6 is 0 Å². The van der Waals surface area contributed by atoms with Crippen LogP contribution in [0.2, 0.25) is 0 Å². The predicted molar refractivity (Wildman–Crippen MR) is 512 cm³/mol. The van der Waals surface area contributed by atoms with Gasteiger partial charge in [-0.25, -0.2) is 58.9 Å². The van der Waals surface area contributed by atoms with Crippen molar-refractivity contribution < 1.29 is 58.9 Å². The summed E-state index contributed by atoms with van der Waals surface area (Å²) in [4.78, 5) is 11.1. The van der Waals surface area contributed by atoms with E-state index in [4.69, 9.17) is 0 Å². The van der Waals surface area contributed by atoms with E-state index in [1.807, 2.05) is 97.9 Å². The Bertz CT molecular complexity index is 4250. The van der Waals surface area contributed by atoms with Gasteiger partial charge in [-0.05, 0) is 197 Å². The summed E-state index contributed by atoms with van der Waals surface area (Å²) in [5.41, 5.74) is 2.59. The quantitative estimate of drug-likeness (QED) is 0.0376.